The van der Waals surface area contributed by atoms with Crippen molar-refractivity contribution < 1.29 is 9.72 Å². The van der Waals surface area contributed by atoms with Crippen molar-refractivity contribution in [3.8, 4) is 0 Å². The lowest BCUT2D eigenvalue weighted by Gasteiger charge is -2.19. The quantitative estimate of drug-likeness (QED) is 0.597. The molecule has 0 aliphatic carbocycles. The summed E-state index contributed by atoms with van der Waals surface area (Å²) in [4.78, 5) is 22.3. The fraction of sp³-hybridized carbons (Fsp3) is 0.533. The number of benzene rings is 1. The Morgan fingerprint density at radius 2 is 2.05 bits per heavy atom. The fourth-order valence-corrected chi connectivity index (χ4v) is 2.19. The van der Waals surface area contributed by atoms with Crippen LogP contribution in [-0.4, -0.2) is 23.9 Å². The first-order chi connectivity index (χ1) is 9.88. The van der Waals surface area contributed by atoms with Crippen LogP contribution in [0, 0.1) is 16.0 Å². The minimum atomic E-state index is -0.439. The average molecular weight is 293 g/mol. The van der Waals surface area contributed by atoms with Gasteiger partial charge in [-0.2, -0.15) is 0 Å². The molecule has 0 bridgehead atoms. The third-order valence-electron chi connectivity index (χ3n) is 3.54. The second-order valence-corrected chi connectivity index (χ2v) is 5.36. The molecule has 2 N–H and O–H groups in total. The van der Waals surface area contributed by atoms with Crippen LogP contribution >= 0.6 is 0 Å². The zero-order valence-corrected chi connectivity index (χ0v) is 13.0. The molecule has 0 fully saturated rings. The number of anilines is 1. The molecule has 116 valence electrons. The predicted octanol–water partition coefficient (Wildman–Crippen LogP) is 3.19. The smallest absolute Gasteiger partial charge is 0.292 e. The maximum atomic E-state index is 11.6. The summed E-state index contributed by atoms with van der Waals surface area (Å²) >= 11 is 0. The average Bonchev–Trinajstić information content (AvgIpc) is 2.45. The number of nitrogens with one attached hydrogen (secondary N) is 2. The van der Waals surface area contributed by atoms with Gasteiger partial charge in [0.1, 0.15) is 5.69 Å². The van der Waals surface area contributed by atoms with Crippen molar-refractivity contribution in [1.29, 1.82) is 0 Å². The van der Waals surface area contributed by atoms with E-state index < -0.39 is 4.92 Å². The Hall–Kier alpha value is -2.11. The van der Waals surface area contributed by atoms with Crippen LogP contribution < -0.4 is 10.6 Å². The third kappa shape index (κ3) is 4.73. The molecule has 0 spiro atoms. The highest BCUT2D eigenvalue weighted by Gasteiger charge is 2.18. The lowest BCUT2D eigenvalue weighted by Crippen LogP contribution is -2.21. The molecular formula is C15H23N3O3. The minimum absolute atomic E-state index is 0.0151. The van der Waals surface area contributed by atoms with Gasteiger partial charge in [-0.1, -0.05) is 20.3 Å². The van der Waals surface area contributed by atoms with Crippen molar-refractivity contribution in [1.82, 2.24) is 5.32 Å². The summed E-state index contributed by atoms with van der Waals surface area (Å²) in [5.41, 5.74) is 0.775. The highest BCUT2D eigenvalue weighted by atomic mass is 16.6. The molecule has 1 amide bonds. The van der Waals surface area contributed by atoms with Crippen LogP contribution in [0.15, 0.2) is 18.2 Å². The summed E-state index contributed by atoms with van der Waals surface area (Å²) < 4.78 is 0. The molecule has 1 rings (SSSR count). The zero-order valence-electron chi connectivity index (χ0n) is 13.0. The molecule has 2 unspecified atom stereocenters. The minimum Gasteiger partial charge on any atom is -0.377 e. The van der Waals surface area contributed by atoms with Crippen LogP contribution in [0.1, 0.15) is 44.0 Å². The number of nitro benzene ring substituents is 1. The van der Waals surface area contributed by atoms with Crippen molar-refractivity contribution in [3.63, 3.8) is 0 Å². The molecule has 21 heavy (non-hydrogen) atoms. The Balaban J connectivity index is 3.01. The van der Waals surface area contributed by atoms with Gasteiger partial charge in [-0.15, -0.1) is 0 Å². The highest BCUT2D eigenvalue weighted by molar-refractivity contribution is 5.95. The first kappa shape index (κ1) is 16.9. The molecule has 0 aliphatic heterocycles. The van der Waals surface area contributed by atoms with E-state index in [2.05, 4.69) is 24.5 Å². The van der Waals surface area contributed by atoms with Crippen molar-refractivity contribution in [3.05, 3.63) is 33.9 Å². The number of amides is 1. The standard InChI is InChI=1S/C15H23N3O3/c1-5-10(2)8-11(3)17-13-9-12(15(19)16-4)6-7-14(13)18(20)21/h6-7,9-11,17H,5,8H2,1-4H3,(H,16,19). The molecule has 2 atom stereocenters. The summed E-state index contributed by atoms with van der Waals surface area (Å²) in [5.74, 6) is 0.274. The zero-order chi connectivity index (χ0) is 16.0. The van der Waals surface area contributed by atoms with E-state index in [0.717, 1.165) is 12.8 Å². The summed E-state index contributed by atoms with van der Waals surface area (Å²) in [6.07, 6.45) is 1.98. The number of carbonyl (C=O) groups excluding carboxylic acids is 1. The summed E-state index contributed by atoms with van der Waals surface area (Å²) in [5, 5.41) is 16.8. The van der Waals surface area contributed by atoms with Gasteiger partial charge in [0.15, 0.2) is 0 Å². The Morgan fingerprint density at radius 1 is 1.38 bits per heavy atom. The van der Waals surface area contributed by atoms with Gasteiger partial charge in [0.25, 0.3) is 11.6 Å². The molecule has 0 radical (unpaired) electrons. The molecule has 0 aliphatic rings. The molecule has 1 aromatic rings. The van der Waals surface area contributed by atoms with Gasteiger partial charge in [0.05, 0.1) is 4.92 Å². The van der Waals surface area contributed by atoms with E-state index in [9.17, 15) is 14.9 Å². The number of rotatable bonds is 7. The first-order valence-corrected chi connectivity index (χ1v) is 7.16. The van der Waals surface area contributed by atoms with Gasteiger partial charge >= 0.3 is 0 Å². The summed E-state index contributed by atoms with van der Waals surface area (Å²) in [6, 6.07) is 4.45. The maximum absolute atomic E-state index is 11.6. The van der Waals surface area contributed by atoms with E-state index in [1.165, 1.54) is 25.2 Å². The van der Waals surface area contributed by atoms with E-state index in [0.29, 0.717) is 17.2 Å². The van der Waals surface area contributed by atoms with Crippen LogP contribution in [0.25, 0.3) is 0 Å². The summed E-state index contributed by atoms with van der Waals surface area (Å²) in [7, 11) is 1.53. The number of nitrogens with zero attached hydrogens (tertiary/aromatic N) is 1. The summed E-state index contributed by atoms with van der Waals surface area (Å²) in [6.45, 7) is 6.25. The molecule has 0 saturated heterocycles. The Bertz CT molecular complexity index is 517. The monoisotopic (exact) mass is 293 g/mol. The SMILES string of the molecule is CCC(C)CC(C)Nc1cc(C(=O)NC)ccc1[N+](=O)[O-]. The van der Waals surface area contributed by atoms with Crippen molar-refractivity contribution in [2.24, 2.45) is 5.92 Å². The molecular weight excluding hydrogens is 270 g/mol. The second kappa shape index (κ2) is 7.61. The van der Waals surface area contributed by atoms with Crippen LogP contribution in [0.3, 0.4) is 0 Å². The Kier molecular flexibility index (Phi) is 6.14. The van der Waals surface area contributed by atoms with E-state index in [-0.39, 0.29) is 17.6 Å². The number of carbonyl (C=O) groups is 1. The highest BCUT2D eigenvalue weighted by Crippen LogP contribution is 2.27. The second-order valence-electron chi connectivity index (χ2n) is 5.36. The van der Waals surface area contributed by atoms with Gasteiger partial charge in [0.2, 0.25) is 0 Å². The third-order valence-corrected chi connectivity index (χ3v) is 3.54. The largest absolute Gasteiger partial charge is 0.377 e. The van der Waals surface area contributed by atoms with Crippen LogP contribution in [0.4, 0.5) is 11.4 Å². The Labute approximate surface area is 125 Å². The van der Waals surface area contributed by atoms with E-state index in [1.807, 2.05) is 6.92 Å². The molecule has 0 heterocycles. The first-order valence-electron chi connectivity index (χ1n) is 7.16. The van der Waals surface area contributed by atoms with Gasteiger partial charge in [-0.3, -0.25) is 14.9 Å². The fourth-order valence-electron chi connectivity index (χ4n) is 2.19. The number of hydrogen-bond donors (Lipinski definition) is 2. The van der Waals surface area contributed by atoms with Crippen molar-refractivity contribution >= 4 is 17.3 Å². The van der Waals surface area contributed by atoms with Crippen molar-refractivity contribution in [2.75, 3.05) is 12.4 Å². The van der Waals surface area contributed by atoms with Gasteiger partial charge in [0, 0.05) is 24.7 Å². The molecule has 0 aromatic heterocycles. The van der Waals surface area contributed by atoms with Gasteiger partial charge in [-0.05, 0) is 31.4 Å². The van der Waals surface area contributed by atoms with Crippen LogP contribution in [0.2, 0.25) is 0 Å². The molecule has 0 saturated carbocycles. The van der Waals surface area contributed by atoms with Crippen LogP contribution in [-0.2, 0) is 0 Å². The molecule has 1 aromatic carbocycles. The van der Waals surface area contributed by atoms with Gasteiger partial charge in [-0.25, -0.2) is 0 Å². The lowest BCUT2D eigenvalue weighted by molar-refractivity contribution is -0.384. The topological polar surface area (TPSA) is 84.3 Å². The van der Waals surface area contributed by atoms with E-state index >= 15 is 0 Å². The van der Waals surface area contributed by atoms with Crippen molar-refractivity contribution in [2.45, 2.75) is 39.7 Å². The van der Waals surface area contributed by atoms with E-state index in [1.54, 1.807) is 0 Å². The molecule has 6 nitrogen and oxygen atoms in total. The Morgan fingerprint density at radius 3 is 2.57 bits per heavy atom. The normalized spacial score (nSPS) is 13.3. The number of hydrogen-bond acceptors (Lipinski definition) is 4. The molecule has 6 heteroatoms. The lowest BCUT2D eigenvalue weighted by atomic mass is 10.00. The van der Waals surface area contributed by atoms with Gasteiger partial charge < -0.3 is 10.6 Å². The maximum Gasteiger partial charge on any atom is 0.292 e. The van der Waals surface area contributed by atoms with E-state index in [4.69, 9.17) is 0 Å². The number of nitro groups is 1. The predicted molar refractivity (Wildman–Crippen MR) is 83.6 cm³/mol. The van der Waals surface area contributed by atoms with Crippen LogP contribution in [0.5, 0.6) is 0 Å².